The second-order valence-electron chi connectivity index (χ2n) is 4.88. The molecule has 0 spiro atoms. The third-order valence-corrected chi connectivity index (χ3v) is 3.42. The quantitative estimate of drug-likeness (QED) is 0.838. The van der Waals surface area contributed by atoms with Gasteiger partial charge in [0.1, 0.15) is 11.3 Å². The Morgan fingerprint density at radius 3 is 2.67 bits per heavy atom. The minimum absolute atomic E-state index is 0.0430. The molecular weight excluding hydrogens is 228 g/mol. The molecule has 0 bridgehead atoms. The van der Waals surface area contributed by atoms with E-state index in [1.165, 1.54) is 0 Å². The lowest BCUT2D eigenvalue weighted by Crippen LogP contribution is -2.45. The Morgan fingerprint density at radius 1 is 1.44 bits per heavy atom. The molecule has 0 heterocycles. The van der Waals surface area contributed by atoms with Crippen LogP contribution in [0, 0.1) is 18.3 Å². The van der Waals surface area contributed by atoms with Gasteiger partial charge in [0.15, 0.2) is 0 Å². The van der Waals surface area contributed by atoms with E-state index < -0.39 is 5.54 Å². The van der Waals surface area contributed by atoms with Gasteiger partial charge in [0.25, 0.3) is 5.91 Å². The summed E-state index contributed by atoms with van der Waals surface area (Å²) in [4.78, 5) is 12.1. The first kappa shape index (κ1) is 12.4. The lowest BCUT2D eigenvalue weighted by molar-refractivity contribution is 0.0918. The smallest absolute Gasteiger partial charge is 0.256 e. The van der Waals surface area contributed by atoms with Crippen LogP contribution in [0.3, 0.4) is 0 Å². The summed E-state index contributed by atoms with van der Waals surface area (Å²) in [7, 11) is 0. The van der Waals surface area contributed by atoms with E-state index in [4.69, 9.17) is 0 Å². The van der Waals surface area contributed by atoms with Gasteiger partial charge in [-0.25, -0.2) is 0 Å². The van der Waals surface area contributed by atoms with Crippen LogP contribution in [0.15, 0.2) is 18.2 Å². The van der Waals surface area contributed by atoms with Crippen LogP contribution in [0.25, 0.3) is 0 Å². The molecule has 1 aromatic carbocycles. The Bertz CT molecular complexity index is 511. The lowest BCUT2D eigenvalue weighted by atomic mass is 9.99. The van der Waals surface area contributed by atoms with Crippen LogP contribution in [-0.2, 0) is 0 Å². The van der Waals surface area contributed by atoms with Crippen molar-refractivity contribution in [1.29, 1.82) is 5.26 Å². The van der Waals surface area contributed by atoms with Crippen LogP contribution in [0.2, 0.25) is 0 Å². The summed E-state index contributed by atoms with van der Waals surface area (Å²) >= 11 is 0. The first-order chi connectivity index (χ1) is 8.56. The summed E-state index contributed by atoms with van der Waals surface area (Å²) in [6.45, 7) is 1.84. The summed E-state index contributed by atoms with van der Waals surface area (Å²) in [6, 6.07) is 7.09. The fourth-order valence-corrected chi connectivity index (χ4v) is 2.36. The molecule has 0 atom stereocenters. The molecule has 1 saturated carbocycles. The predicted molar refractivity (Wildman–Crippen MR) is 67.1 cm³/mol. The molecule has 0 aliphatic heterocycles. The van der Waals surface area contributed by atoms with Crippen molar-refractivity contribution in [1.82, 2.24) is 5.32 Å². The number of phenolic OH excluding ortho intramolecular Hbond substituents is 1. The predicted octanol–water partition coefficient (Wildman–Crippen LogP) is 2.27. The van der Waals surface area contributed by atoms with Crippen molar-refractivity contribution in [2.45, 2.75) is 38.1 Å². The van der Waals surface area contributed by atoms with E-state index in [9.17, 15) is 15.2 Å². The molecule has 0 radical (unpaired) electrons. The highest BCUT2D eigenvalue weighted by Gasteiger charge is 2.35. The highest BCUT2D eigenvalue weighted by molar-refractivity contribution is 5.97. The number of nitrogens with one attached hydrogen (secondary N) is 1. The maximum Gasteiger partial charge on any atom is 0.256 e. The highest BCUT2D eigenvalue weighted by atomic mass is 16.3. The highest BCUT2D eigenvalue weighted by Crippen LogP contribution is 2.30. The molecule has 0 unspecified atom stereocenters. The average molecular weight is 244 g/mol. The van der Waals surface area contributed by atoms with Gasteiger partial charge in [-0.2, -0.15) is 5.26 Å². The standard InChI is InChI=1S/C14H16N2O2/c1-10-4-5-11(12(17)8-10)13(18)16-14(9-15)6-2-3-7-14/h4-5,8,17H,2-3,6-7H2,1H3,(H,16,18). The Hall–Kier alpha value is -2.02. The largest absolute Gasteiger partial charge is 0.507 e. The van der Waals surface area contributed by atoms with E-state index in [2.05, 4.69) is 11.4 Å². The molecule has 1 fully saturated rings. The number of benzene rings is 1. The summed E-state index contributed by atoms with van der Waals surface area (Å²) in [5, 5.41) is 21.7. The van der Waals surface area contributed by atoms with E-state index in [0.717, 1.165) is 18.4 Å². The van der Waals surface area contributed by atoms with E-state index in [1.54, 1.807) is 18.2 Å². The van der Waals surface area contributed by atoms with Gasteiger partial charge < -0.3 is 10.4 Å². The van der Waals surface area contributed by atoms with Crippen LogP contribution in [0.5, 0.6) is 5.75 Å². The summed E-state index contributed by atoms with van der Waals surface area (Å²) in [5.41, 5.74) is 0.357. The van der Waals surface area contributed by atoms with Crippen LogP contribution < -0.4 is 5.32 Å². The van der Waals surface area contributed by atoms with E-state index >= 15 is 0 Å². The number of phenols is 1. The molecule has 1 aliphatic carbocycles. The summed E-state index contributed by atoms with van der Waals surface area (Å²) in [6.07, 6.45) is 3.27. The van der Waals surface area contributed by atoms with Gasteiger partial charge in [-0.3, -0.25) is 4.79 Å². The van der Waals surface area contributed by atoms with Crippen molar-refractivity contribution < 1.29 is 9.90 Å². The average Bonchev–Trinajstić information content (AvgIpc) is 2.78. The van der Waals surface area contributed by atoms with Gasteiger partial charge >= 0.3 is 0 Å². The maximum atomic E-state index is 12.1. The normalized spacial score (nSPS) is 17.1. The third-order valence-electron chi connectivity index (χ3n) is 3.42. The molecule has 0 aromatic heterocycles. The number of nitrogens with zero attached hydrogens (tertiary/aromatic N) is 1. The number of rotatable bonds is 2. The maximum absolute atomic E-state index is 12.1. The van der Waals surface area contributed by atoms with Crippen molar-refractivity contribution in [2.24, 2.45) is 0 Å². The Balaban J connectivity index is 2.19. The van der Waals surface area contributed by atoms with Crippen molar-refractivity contribution in [2.75, 3.05) is 0 Å². The summed E-state index contributed by atoms with van der Waals surface area (Å²) < 4.78 is 0. The van der Waals surface area contributed by atoms with Crippen molar-refractivity contribution in [3.8, 4) is 11.8 Å². The zero-order chi connectivity index (χ0) is 13.2. The molecule has 1 aromatic rings. The number of nitriles is 1. The number of aromatic hydroxyl groups is 1. The van der Waals surface area contributed by atoms with Gasteiger partial charge in [-0.15, -0.1) is 0 Å². The number of aryl methyl sites for hydroxylation is 1. The van der Waals surface area contributed by atoms with Crippen LogP contribution in [0.1, 0.15) is 41.6 Å². The molecule has 1 aliphatic rings. The number of carbonyl (C=O) groups is 1. The van der Waals surface area contributed by atoms with Gasteiger partial charge in [0.2, 0.25) is 0 Å². The lowest BCUT2D eigenvalue weighted by Gasteiger charge is -2.22. The minimum atomic E-state index is -0.756. The van der Waals surface area contributed by atoms with Crippen LogP contribution in [-0.4, -0.2) is 16.6 Å². The molecule has 2 rings (SSSR count). The van der Waals surface area contributed by atoms with E-state index in [-0.39, 0.29) is 17.2 Å². The number of carbonyl (C=O) groups excluding carboxylic acids is 1. The molecule has 0 saturated heterocycles. The Labute approximate surface area is 106 Å². The topological polar surface area (TPSA) is 73.1 Å². The fraction of sp³-hybridized carbons (Fsp3) is 0.429. The second kappa shape index (κ2) is 4.69. The molecule has 18 heavy (non-hydrogen) atoms. The molecule has 4 nitrogen and oxygen atoms in total. The fourth-order valence-electron chi connectivity index (χ4n) is 2.36. The molecule has 94 valence electrons. The number of hydrogen-bond donors (Lipinski definition) is 2. The van der Waals surface area contributed by atoms with Gasteiger partial charge in [0, 0.05) is 0 Å². The van der Waals surface area contributed by atoms with Crippen molar-refractivity contribution in [3.05, 3.63) is 29.3 Å². The zero-order valence-electron chi connectivity index (χ0n) is 10.4. The van der Waals surface area contributed by atoms with Crippen LogP contribution >= 0.6 is 0 Å². The minimum Gasteiger partial charge on any atom is -0.507 e. The van der Waals surface area contributed by atoms with Gasteiger partial charge in [-0.05, 0) is 50.3 Å². The third kappa shape index (κ3) is 2.30. The molecule has 2 N–H and O–H groups in total. The first-order valence-electron chi connectivity index (χ1n) is 6.10. The molecular formula is C14H16N2O2. The van der Waals surface area contributed by atoms with Crippen LogP contribution in [0.4, 0.5) is 0 Å². The monoisotopic (exact) mass is 244 g/mol. The van der Waals surface area contributed by atoms with Gasteiger partial charge in [-0.1, -0.05) is 6.07 Å². The van der Waals surface area contributed by atoms with E-state index in [0.29, 0.717) is 12.8 Å². The Kier molecular flexibility index (Phi) is 3.24. The molecule has 1 amide bonds. The number of amides is 1. The van der Waals surface area contributed by atoms with Crippen molar-refractivity contribution >= 4 is 5.91 Å². The first-order valence-corrected chi connectivity index (χ1v) is 6.10. The number of hydrogen-bond acceptors (Lipinski definition) is 3. The van der Waals surface area contributed by atoms with Crippen molar-refractivity contribution in [3.63, 3.8) is 0 Å². The Morgan fingerprint density at radius 2 is 2.11 bits per heavy atom. The van der Waals surface area contributed by atoms with Gasteiger partial charge in [0.05, 0.1) is 11.6 Å². The molecule has 4 heteroatoms. The second-order valence-corrected chi connectivity index (χ2v) is 4.88. The summed E-state index contributed by atoms with van der Waals surface area (Å²) in [5.74, 6) is -0.422. The van der Waals surface area contributed by atoms with E-state index in [1.807, 2.05) is 6.92 Å². The SMILES string of the molecule is Cc1ccc(C(=O)NC2(C#N)CCCC2)c(O)c1. The zero-order valence-corrected chi connectivity index (χ0v) is 10.4.